The largest absolute Gasteiger partial charge is 0.389 e. The van der Waals surface area contributed by atoms with Gasteiger partial charge < -0.3 is 15.2 Å². The molecular weight excluding hydrogens is 238 g/mol. The third-order valence-corrected chi connectivity index (χ3v) is 3.62. The Morgan fingerprint density at radius 3 is 2.89 bits per heavy atom. The summed E-state index contributed by atoms with van der Waals surface area (Å²) in [5.74, 6) is 0. The van der Waals surface area contributed by atoms with E-state index in [9.17, 15) is 5.11 Å². The van der Waals surface area contributed by atoms with Gasteiger partial charge in [0, 0.05) is 13.1 Å². The van der Waals surface area contributed by atoms with Crippen molar-refractivity contribution in [2.45, 2.75) is 51.4 Å². The van der Waals surface area contributed by atoms with Gasteiger partial charge in [-0.3, -0.25) is 0 Å². The van der Waals surface area contributed by atoms with Crippen LogP contribution in [0.3, 0.4) is 0 Å². The fourth-order valence-corrected chi connectivity index (χ4v) is 2.57. The Morgan fingerprint density at radius 1 is 1.37 bits per heavy atom. The summed E-state index contributed by atoms with van der Waals surface area (Å²) < 4.78 is 5.70. The second-order valence-corrected chi connectivity index (χ2v) is 5.51. The van der Waals surface area contributed by atoms with E-state index in [1.807, 2.05) is 0 Å². The van der Waals surface area contributed by atoms with E-state index < -0.39 is 6.10 Å². The van der Waals surface area contributed by atoms with Crippen LogP contribution in [0, 0.1) is 6.92 Å². The molecule has 0 spiro atoms. The number of nitrogens with one attached hydrogen (secondary N) is 1. The van der Waals surface area contributed by atoms with E-state index in [0.29, 0.717) is 19.3 Å². The molecule has 2 rings (SSSR count). The van der Waals surface area contributed by atoms with Gasteiger partial charge in [-0.25, -0.2) is 0 Å². The van der Waals surface area contributed by atoms with E-state index in [0.717, 1.165) is 19.4 Å². The standard InChI is InChI=1S/C16H25NO2/c1-13-5-4-6-14(9-13)10-17-11-15(18)12-19-16-7-2-3-8-16/h4-6,9,15-18H,2-3,7-8,10-12H2,1H3. The summed E-state index contributed by atoms with van der Waals surface area (Å²) in [4.78, 5) is 0. The maximum absolute atomic E-state index is 9.85. The molecule has 106 valence electrons. The molecule has 0 amide bonds. The van der Waals surface area contributed by atoms with Crippen molar-refractivity contribution in [3.05, 3.63) is 35.4 Å². The molecule has 1 atom stereocenters. The fourth-order valence-electron chi connectivity index (χ4n) is 2.57. The molecule has 1 aliphatic carbocycles. The van der Waals surface area contributed by atoms with Crippen LogP contribution in [0.1, 0.15) is 36.8 Å². The first-order valence-electron chi connectivity index (χ1n) is 7.30. The Labute approximate surface area is 116 Å². The monoisotopic (exact) mass is 263 g/mol. The summed E-state index contributed by atoms with van der Waals surface area (Å²) in [7, 11) is 0. The quantitative estimate of drug-likeness (QED) is 0.794. The molecule has 0 radical (unpaired) electrons. The number of ether oxygens (including phenoxy) is 1. The van der Waals surface area contributed by atoms with Crippen LogP contribution >= 0.6 is 0 Å². The molecule has 0 aromatic heterocycles. The molecule has 3 nitrogen and oxygen atoms in total. The molecule has 0 heterocycles. The Hall–Kier alpha value is -0.900. The summed E-state index contributed by atoms with van der Waals surface area (Å²) in [6, 6.07) is 8.41. The maximum atomic E-state index is 9.85. The van der Waals surface area contributed by atoms with Crippen molar-refractivity contribution in [3.8, 4) is 0 Å². The fraction of sp³-hybridized carbons (Fsp3) is 0.625. The lowest BCUT2D eigenvalue weighted by Crippen LogP contribution is -2.31. The molecule has 19 heavy (non-hydrogen) atoms. The Balaban J connectivity index is 1.59. The molecule has 1 aromatic rings. The minimum Gasteiger partial charge on any atom is -0.389 e. The number of hydrogen-bond acceptors (Lipinski definition) is 3. The van der Waals surface area contributed by atoms with E-state index >= 15 is 0 Å². The van der Waals surface area contributed by atoms with Crippen molar-refractivity contribution >= 4 is 0 Å². The predicted octanol–water partition coefficient (Wildman–Crippen LogP) is 2.40. The molecule has 0 aliphatic heterocycles. The highest BCUT2D eigenvalue weighted by molar-refractivity contribution is 5.21. The average Bonchev–Trinajstić information content (AvgIpc) is 2.89. The van der Waals surface area contributed by atoms with Gasteiger partial charge in [-0.15, -0.1) is 0 Å². The molecule has 0 saturated heterocycles. The third-order valence-electron chi connectivity index (χ3n) is 3.62. The van der Waals surface area contributed by atoms with Gasteiger partial charge in [0.15, 0.2) is 0 Å². The molecule has 3 heteroatoms. The molecule has 2 N–H and O–H groups in total. The minimum atomic E-state index is -0.412. The number of rotatable bonds is 7. The van der Waals surface area contributed by atoms with Crippen LogP contribution in [-0.2, 0) is 11.3 Å². The van der Waals surface area contributed by atoms with E-state index in [1.165, 1.54) is 24.0 Å². The van der Waals surface area contributed by atoms with Crippen LogP contribution in [0.2, 0.25) is 0 Å². The van der Waals surface area contributed by atoms with Crippen LogP contribution in [0.4, 0.5) is 0 Å². The lowest BCUT2D eigenvalue weighted by molar-refractivity contribution is -0.00549. The summed E-state index contributed by atoms with van der Waals surface area (Å²) in [5, 5.41) is 13.1. The van der Waals surface area contributed by atoms with Gasteiger partial charge in [-0.05, 0) is 25.3 Å². The first-order chi connectivity index (χ1) is 9.24. The SMILES string of the molecule is Cc1cccc(CNCC(O)COC2CCCC2)c1. The maximum Gasteiger partial charge on any atom is 0.0897 e. The van der Waals surface area contributed by atoms with Crippen LogP contribution in [-0.4, -0.2) is 30.5 Å². The summed E-state index contributed by atoms with van der Waals surface area (Å²) in [5.41, 5.74) is 2.52. The van der Waals surface area contributed by atoms with Gasteiger partial charge in [-0.1, -0.05) is 42.7 Å². The topological polar surface area (TPSA) is 41.5 Å². The van der Waals surface area contributed by atoms with E-state index in [1.54, 1.807) is 0 Å². The number of hydrogen-bond donors (Lipinski definition) is 2. The molecule has 1 fully saturated rings. The summed E-state index contributed by atoms with van der Waals surface area (Å²) >= 11 is 0. The lowest BCUT2D eigenvalue weighted by atomic mass is 10.1. The van der Waals surface area contributed by atoms with Crippen molar-refractivity contribution in [3.63, 3.8) is 0 Å². The highest BCUT2D eigenvalue weighted by atomic mass is 16.5. The van der Waals surface area contributed by atoms with Gasteiger partial charge >= 0.3 is 0 Å². The van der Waals surface area contributed by atoms with Crippen molar-refractivity contribution in [1.82, 2.24) is 5.32 Å². The van der Waals surface area contributed by atoms with Gasteiger partial charge in [0.1, 0.15) is 0 Å². The second kappa shape index (κ2) is 7.63. The molecule has 1 saturated carbocycles. The van der Waals surface area contributed by atoms with Crippen molar-refractivity contribution in [2.75, 3.05) is 13.2 Å². The Morgan fingerprint density at radius 2 is 2.16 bits per heavy atom. The third kappa shape index (κ3) is 5.31. The number of aliphatic hydroxyl groups is 1. The lowest BCUT2D eigenvalue weighted by Gasteiger charge is -2.16. The van der Waals surface area contributed by atoms with E-state index in [4.69, 9.17) is 4.74 Å². The Kier molecular flexibility index (Phi) is 5.83. The van der Waals surface area contributed by atoms with Gasteiger partial charge in [0.25, 0.3) is 0 Å². The zero-order valence-corrected chi connectivity index (χ0v) is 11.8. The van der Waals surface area contributed by atoms with Crippen molar-refractivity contribution < 1.29 is 9.84 Å². The molecule has 1 aliphatic rings. The molecule has 1 unspecified atom stereocenters. The van der Waals surface area contributed by atoms with Crippen molar-refractivity contribution in [2.24, 2.45) is 0 Å². The zero-order valence-electron chi connectivity index (χ0n) is 11.8. The first kappa shape index (κ1) is 14.5. The highest BCUT2D eigenvalue weighted by Crippen LogP contribution is 2.20. The number of aryl methyl sites for hydroxylation is 1. The normalized spacial score (nSPS) is 17.8. The van der Waals surface area contributed by atoms with Crippen LogP contribution in [0.15, 0.2) is 24.3 Å². The van der Waals surface area contributed by atoms with Crippen LogP contribution in [0.5, 0.6) is 0 Å². The van der Waals surface area contributed by atoms with E-state index in [-0.39, 0.29) is 0 Å². The minimum absolute atomic E-state index is 0.381. The molecule has 1 aromatic carbocycles. The summed E-state index contributed by atoms with van der Waals surface area (Å²) in [6.45, 7) is 3.92. The zero-order chi connectivity index (χ0) is 13.5. The van der Waals surface area contributed by atoms with Gasteiger partial charge in [0.2, 0.25) is 0 Å². The van der Waals surface area contributed by atoms with Crippen LogP contribution < -0.4 is 5.32 Å². The van der Waals surface area contributed by atoms with Gasteiger partial charge in [-0.2, -0.15) is 0 Å². The first-order valence-corrected chi connectivity index (χ1v) is 7.30. The average molecular weight is 263 g/mol. The predicted molar refractivity (Wildman–Crippen MR) is 77.1 cm³/mol. The second-order valence-electron chi connectivity index (χ2n) is 5.51. The van der Waals surface area contributed by atoms with Gasteiger partial charge in [0.05, 0.1) is 18.8 Å². The van der Waals surface area contributed by atoms with Crippen molar-refractivity contribution in [1.29, 1.82) is 0 Å². The smallest absolute Gasteiger partial charge is 0.0897 e. The summed E-state index contributed by atoms with van der Waals surface area (Å²) in [6.07, 6.45) is 4.82. The van der Waals surface area contributed by atoms with Crippen LogP contribution in [0.25, 0.3) is 0 Å². The number of benzene rings is 1. The molecular formula is C16H25NO2. The Bertz CT molecular complexity index is 375. The molecule has 0 bridgehead atoms. The van der Waals surface area contributed by atoms with E-state index in [2.05, 4.69) is 36.5 Å². The number of aliphatic hydroxyl groups excluding tert-OH is 1. The highest BCUT2D eigenvalue weighted by Gasteiger charge is 2.16.